The van der Waals surface area contributed by atoms with E-state index in [0.717, 1.165) is 11.1 Å². The molecule has 1 rings (SSSR count). The van der Waals surface area contributed by atoms with Crippen LogP contribution in [-0.2, 0) is 4.74 Å². The summed E-state index contributed by atoms with van der Waals surface area (Å²) in [6.45, 7) is 3.05. The van der Waals surface area contributed by atoms with Gasteiger partial charge in [-0.15, -0.1) is 0 Å². The lowest BCUT2D eigenvalue weighted by molar-refractivity contribution is 0.184. The molecule has 0 bridgehead atoms. The summed E-state index contributed by atoms with van der Waals surface area (Å²) in [5.41, 5.74) is 1.75. The number of ether oxygens (including phenoxy) is 1. The van der Waals surface area contributed by atoms with Gasteiger partial charge in [0.05, 0.1) is 19.3 Å². The topological polar surface area (TPSA) is 41.5 Å². The van der Waals surface area contributed by atoms with Crippen molar-refractivity contribution in [2.45, 2.75) is 13.0 Å². The van der Waals surface area contributed by atoms with Crippen LogP contribution in [0, 0.1) is 12.7 Å². The minimum Gasteiger partial charge on any atom is -0.394 e. The Balaban J connectivity index is 2.70. The lowest BCUT2D eigenvalue weighted by Gasteiger charge is -2.18. The lowest BCUT2D eigenvalue weighted by atomic mass is 10.0. The number of aryl methyl sites for hydroxylation is 1. The molecule has 0 fully saturated rings. The summed E-state index contributed by atoms with van der Waals surface area (Å²) in [7, 11) is 1.62. The fourth-order valence-corrected chi connectivity index (χ4v) is 1.64. The Morgan fingerprint density at radius 1 is 1.50 bits per heavy atom. The van der Waals surface area contributed by atoms with E-state index in [0.29, 0.717) is 13.2 Å². The van der Waals surface area contributed by atoms with Crippen LogP contribution in [0.1, 0.15) is 17.2 Å². The molecule has 0 saturated carbocycles. The Morgan fingerprint density at radius 2 is 2.25 bits per heavy atom. The van der Waals surface area contributed by atoms with Crippen molar-refractivity contribution in [1.82, 2.24) is 5.32 Å². The standard InChI is InChI=1S/C12H18FNO2/c1-9-7-10(13)3-4-11(9)12(8-15)14-5-6-16-2/h3-4,7,12,14-15H,5-6,8H2,1-2H3. The maximum absolute atomic E-state index is 12.9. The number of nitrogens with one attached hydrogen (secondary N) is 1. The van der Waals surface area contributed by atoms with Crippen LogP contribution in [0.4, 0.5) is 4.39 Å². The number of hydrogen-bond acceptors (Lipinski definition) is 3. The second kappa shape index (κ2) is 6.58. The van der Waals surface area contributed by atoms with Crippen molar-refractivity contribution in [3.63, 3.8) is 0 Å². The highest BCUT2D eigenvalue weighted by atomic mass is 19.1. The van der Waals surface area contributed by atoms with Crippen molar-refractivity contribution in [3.05, 3.63) is 35.1 Å². The van der Waals surface area contributed by atoms with E-state index in [-0.39, 0.29) is 18.5 Å². The van der Waals surface area contributed by atoms with Crippen molar-refractivity contribution in [2.75, 3.05) is 26.9 Å². The second-order valence-electron chi connectivity index (χ2n) is 3.68. The first-order valence-electron chi connectivity index (χ1n) is 5.28. The maximum Gasteiger partial charge on any atom is 0.123 e. The van der Waals surface area contributed by atoms with Crippen molar-refractivity contribution in [2.24, 2.45) is 0 Å². The summed E-state index contributed by atoms with van der Waals surface area (Å²) in [4.78, 5) is 0. The van der Waals surface area contributed by atoms with Crippen molar-refractivity contribution in [3.8, 4) is 0 Å². The molecule has 0 spiro atoms. The first kappa shape index (κ1) is 13.1. The van der Waals surface area contributed by atoms with E-state index in [4.69, 9.17) is 4.74 Å². The summed E-state index contributed by atoms with van der Waals surface area (Å²) >= 11 is 0. The molecule has 0 aliphatic carbocycles. The van der Waals surface area contributed by atoms with Crippen LogP contribution in [0.5, 0.6) is 0 Å². The number of methoxy groups -OCH3 is 1. The molecule has 1 unspecified atom stereocenters. The Morgan fingerprint density at radius 3 is 2.81 bits per heavy atom. The average Bonchev–Trinajstić information content (AvgIpc) is 2.26. The summed E-state index contributed by atoms with van der Waals surface area (Å²) < 4.78 is 17.8. The molecule has 1 aromatic carbocycles. The van der Waals surface area contributed by atoms with Gasteiger partial charge in [-0.25, -0.2) is 4.39 Å². The van der Waals surface area contributed by atoms with E-state index in [9.17, 15) is 9.50 Å². The predicted molar refractivity (Wildman–Crippen MR) is 60.8 cm³/mol. The third-order valence-corrected chi connectivity index (χ3v) is 2.49. The van der Waals surface area contributed by atoms with Crippen LogP contribution in [0.15, 0.2) is 18.2 Å². The number of aliphatic hydroxyl groups is 1. The van der Waals surface area contributed by atoms with Crippen molar-refractivity contribution >= 4 is 0 Å². The normalized spacial score (nSPS) is 12.8. The van der Waals surface area contributed by atoms with E-state index in [1.54, 1.807) is 13.2 Å². The Labute approximate surface area is 95.2 Å². The van der Waals surface area contributed by atoms with Gasteiger partial charge in [0.1, 0.15) is 5.82 Å². The summed E-state index contributed by atoms with van der Waals surface area (Å²) in [5.74, 6) is -0.255. The zero-order valence-corrected chi connectivity index (χ0v) is 9.66. The van der Waals surface area contributed by atoms with Gasteiger partial charge in [-0.2, -0.15) is 0 Å². The van der Waals surface area contributed by atoms with Crippen LogP contribution >= 0.6 is 0 Å². The molecule has 0 aliphatic rings. The zero-order valence-electron chi connectivity index (χ0n) is 9.66. The van der Waals surface area contributed by atoms with Gasteiger partial charge in [0.15, 0.2) is 0 Å². The number of benzene rings is 1. The number of aliphatic hydroxyl groups excluding tert-OH is 1. The van der Waals surface area contributed by atoms with Crippen LogP contribution in [0.2, 0.25) is 0 Å². The number of hydrogen-bond donors (Lipinski definition) is 2. The second-order valence-corrected chi connectivity index (χ2v) is 3.68. The molecule has 0 amide bonds. The van der Waals surface area contributed by atoms with Gasteiger partial charge in [-0.05, 0) is 30.2 Å². The average molecular weight is 227 g/mol. The smallest absolute Gasteiger partial charge is 0.123 e. The van der Waals surface area contributed by atoms with Crippen molar-refractivity contribution in [1.29, 1.82) is 0 Å². The van der Waals surface area contributed by atoms with Gasteiger partial charge in [-0.1, -0.05) is 6.07 Å². The molecular weight excluding hydrogens is 209 g/mol. The first-order chi connectivity index (χ1) is 7.69. The molecule has 0 heterocycles. The largest absolute Gasteiger partial charge is 0.394 e. The molecule has 90 valence electrons. The highest BCUT2D eigenvalue weighted by Gasteiger charge is 2.12. The molecule has 0 radical (unpaired) electrons. The van der Waals surface area contributed by atoms with E-state index < -0.39 is 0 Å². The summed E-state index contributed by atoms with van der Waals surface area (Å²) in [6, 6.07) is 4.40. The van der Waals surface area contributed by atoms with Crippen LogP contribution in [0.25, 0.3) is 0 Å². The maximum atomic E-state index is 12.9. The molecule has 4 heteroatoms. The fourth-order valence-electron chi connectivity index (χ4n) is 1.64. The molecule has 0 aromatic heterocycles. The SMILES string of the molecule is COCCNC(CO)c1ccc(F)cc1C. The van der Waals surface area contributed by atoms with Gasteiger partial charge >= 0.3 is 0 Å². The van der Waals surface area contributed by atoms with Crippen LogP contribution in [0.3, 0.4) is 0 Å². The van der Waals surface area contributed by atoms with Crippen LogP contribution < -0.4 is 5.32 Å². The van der Waals surface area contributed by atoms with Crippen LogP contribution in [-0.4, -0.2) is 32.0 Å². The van der Waals surface area contributed by atoms with E-state index >= 15 is 0 Å². The van der Waals surface area contributed by atoms with E-state index in [1.807, 2.05) is 6.92 Å². The molecule has 1 atom stereocenters. The Hall–Kier alpha value is -0.970. The third kappa shape index (κ3) is 3.56. The minimum absolute atomic E-state index is 0.0177. The third-order valence-electron chi connectivity index (χ3n) is 2.49. The van der Waals surface area contributed by atoms with Gasteiger partial charge in [-0.3, -0.25) is 0 Å². The Bertz CT molecular complexity index is 331. The molecule has 2 N–H and O–H groups in total. The summed E-state index contributed by atoms with van der Waals surface area (Å²) in [6.07, 6.45) is 0. The quantitative estimate of drug-likeness (QED) is 0.722. The molecule has 0 saturated heterocycles. The predicted octanol–water partition coefficient (Wildman–Crippen LogP) is 1.40. The highest BCUT2D eigenvalue weighted by Crippen LogP contribution is 2.18. The molecule has 0 aliphatic heterocycles. The van der Waals surface area contributed by atoms with Gasteiger partial charge in [0.25, 0.3) is 0 Å². The fraction of sp³-hybridized carbons (Fsp3) is 0.500. The zero-order chi connectivity index (χ0) is 12.0. The molecule has 1 aromatic rings. The van der Waals surface area contributed by atoms with Gasteiger partial charge in [0, 0.05) is 13.7 Å². The molecule has 16 heavy (non-hydrogen) atoms. The molecular formula is C12H18FNO2. The number of rotatable bonds is 6. The van der Waals surface area contributed by atoms with Gasteiger partial charge in [0.2, 0.25) is 0 Å². The van der Waals surface area contributed by atoms with Gasteiger partial charge < -0.3 is 15.2 Å². The lowest BCUT2D eigenvalue weighted by Crippen LogP contribution is -2.28. The van der Waals surface area contributed by atoms with E-state index in [2.05, 4.69) is 5.32 Å². The van der Waals surface area contributed by atoms with Crippen molar-refractivity contribution < 1.29 is 14.2 Å². The Kier molecular flexibility index (Phi) is 5.38. The monoisotopic (exact) mass is 227 g/mol. The minimum atomic E-state index is -0.255. The van der Waals surface area contributed by atoms with E-state index in [1.165, 1.54) is 12.1 Å². The highest BCUT2D eigenvalue weighted by molar-refractivity contribution is 5.29. The first-order valence-corrected chi connectivity index (χ1v) is 5.28. The summed E-state index contributed by atoms with van der Waals surface area (Å²) in [5, 5.41) is 12.4. The molecule has 3 nitrogen and oxygen atoms in total. The number of halogens is 1.